The zero-order valence-corrected chi connectivity index (χ0v) is 7.78. The van der Waals surface area contributed by atoms with Crippen molar-refractivity contribution in [2.75, 3.05) is 0 Å². The molecule has 0 aliphatic heterocycles. The average molecular weight is 183 g/mol. The van der Waals surface area contributed by atoms with Crippen LogP contribution in [0.4, 0.5) is 0 Å². The highest BCUT2D eigenvalue weighted by Crippen LogP contribution is 2.16. The lowest BCUT2D eigenvalue weighted by atomic mass is 10.1. The van der Waals surface area contributed by atoms with E-state index in [9.17, 15) is 0 Å². The molecule has 1 aromatic carbocycles. The second-order valence-corrected chi connectivity index (χ2v) is 3.06. The van der Waals surface area contributed by atoms with Gasteiger partial charge in [0.1, 0.15) is 5.82 Å². The predicted octanol–water partition coefficient (Wildman–Crippen LogP) is 2.26. The summed E-state index contributed by atoms with van der Waals surface area (Å²) >= 11 is 0. The van der Waals surface area contributed by atoms with Crippen LogP contribution >= 0.6 is 0 Å². The minimum Gasteiger partial charge on any atom is -0.348 e. The van der Waals surface area contributed by atoms with E-state index in [4.69, 9.17) is 5.26 Å². The number of aryl methyl sites for hydroxylation is 1. The monoisotopic (exact) mass is 183 g/mol. The van der Waals surface area contributed by atoms with Crippen molar-refractivity contribution in [3.8, 4) is 17.3 Å². The molecule has 0 amide bonds. The zero-order valence-electron chi connectivity index (χ0n) is 7.78. The second kappa shape index (κ2) is 3.35. The third kappa shape index (κ3) is 1.50. The summed E-state index contributed by atoms with van der Waals surface area (Å²) in [5, 5.41) is 8.63. The van der Waals surface area contributed by atoms with Crippen molar-refractivity contribution in [2.24, 2.45) is 0 Å². The van der Waals surface area contributed by atoms with Crippen molar-refractivity contribution in [1.29, 1.82) is 5.26 Å². The molecule has 2 aromatic rings. The summed E-state index contributed by atoms with van der Waals surface area (Å²) in [6, 6.07) is 9.46. The minimum atomic E-state index is 0.668. The molecule has 2 rings (SSSR count). The number of rotatable bonds is 1. The lowest BCUT2D eigenvalue weighted by molar-refractivity contribution is 1.15. The van der Waals surface area contributed by atoms with Gasteiger partial charge in [-0.05, 0) is 19.1 Å². The fourth-order valence-corrected chi connectivity index (χ4v) is 1.28. The smallest absolute Gasteiger partial charge is 0.103 e. The Kier molecular flexibility index (Phi) is 2.04. The fraction of sp³-hybridized carbons (Fsp3) is 0.0909. The van der Waals surface area contributed by atoms with Crippen LogP contribution in [0.1, 0.15) is 11.4 Å². The molecule has 14 heavy (non-hydrogen) atoms. The van der Waals surface area contributed by atoms with Crippen LogP contribution in [0.15, 0.2) is 30.5 Å². The Morgan fingerprint density at radius 3 is 2.50 bits per heavy atom. The highest BCUT2D eigenvalue weighted by atomic mass is 14.9. The largest absolute Gasteiger partial charge is 0.348 e. The summed E-state index contributed by atoms with van der Waals surface area (Å²) in [6.45, 7) is 1.91. The third-order valence-electron chi connectivity index (χ3n) is 2.02. The average Bonchev–Trinajstić information content (AvgIpc) is 2.65. The van der Waals surface area contributed by atoms with Gasteiger partial charge in [-0.1, -0.05) is 12.1 Å². The number of aromatic nitrogens is 2. The van der Waals surface area contributed by atoms with Crippen LogP contribution in [-0.4, -0.2) is 9.97 Å². The third-order valence-corrected chi connectivity index (χ3v) is 2.02. The quantitative estimate of drug-likeness (QED) is 0.737. The molecular formula is C11H9N3. The molecule has 3 heteroatoms. The van der Waals surface area contributed by atoms with E-state index in [1.165, 1.54) is 0 Å². The maximum Gasteiger partial charge on any atom is 0.103 e. The van der Waals surface area contributed by atoms with Crippen molar-refractivity contribution in [3.05, 3.63) is 41.9 Å². The molecule has 0 saturated heterocycles. The molecule has 0 bridgehead atoms. The highest BCUT2D eigenvalue weighted by molar-refractivity contribution is 5.59. The predicted molar refractivity (Wildman–Crippen MR) is 53.5 cm³/mol. The van der Waals surface area contributed by atoms with Crippen molar-refractivity contribution < 1.29 is 0 Å². The van der Waals surface area contributed by atoms with Crippen LogP contribution < -0.4 is 0 Å². The molecule has 3 nitrogen and oxygen atoms in total. The first-order valence-electron chi connectivity index (χ1n) is 4.32. The Bertz CT molecular complexity index is 474. The van der Waals surface area contributed by atoms with Gasteiger partial charge in [-0.25, -0.2) is 4.98 Å². The second-order valence-electron chi connectivity index (χ2n) is 3.06. The van der Waals surface area contributed by atoms with E-state index in [0.717, 1.165) is 17.1 Å². The van der Waals surface area contributed by atoms with Crippen LogP contribution in [-0.2, 0) is 0 Å². The normalized spacial score (nSPS) is 9.71. The lowest BCUT2D eigenvalue weighted by Crippen LogP contribution is -1.79. The number of nitrogens with one attached hydrogen (secondary N) is 1. The first-order valence-corrected chi connectivity index (χ1v) is 4.32. The molecule has 0 unspecified atom stereocenters. The molecule has 1 N–H and O–H groups in total. The van der Waals surface area contributed by atoms with E-state index in [1.807, 2.05) is 25.3 Å². The van der Waals surface area contributed by atoms with Crippen molar-refractivity contribution in [1.82, 2.24) is 9.97 Å². The summed E-state index contributed by atoms with van der Waals surface area (Å²) in [4.78, 5) is 7.32. The van der Waals surface area contributed by atoms with Gasteiger partial charge in [0.15, 0.2) is 0 Å². The topological polar surface area (TPSA) is 52.5 Å². The first kappa shape index (κ1) is 8.52. The van der Waals surface area contributed by atoms with Crippen molar-refractivity contribution >= 4 is 0 Å². The molecule has 0 aliphatic carbocycles. The van der Waals surface area contributed by atoms with Gasteiger partial charge in [0, 0.05) is 11.8 Å². The molecule has 0 fully saturated rings. The first-order chi connectivity index (χ1) is 6.79. The number of imidazole rings is 1. The Morgan fingerprint density at radius 2 is 2.00 bits per heavy atom. The molecule has 0 saturated carbocycles. The van der Waals surface area contributed by atoms with E-state index < -0.39 is 0 Å². The van der Waals surface area contributed by atoms with E-state index >= 15 is 0 Å². The Labute approximate surface area is 82.0 Å². The Balaban J connectivity index is 2.39. The van der Waals surface area contributed by atoms with E-state index in [-0.39, 0.29) is 0 Å². The van der Waals surface area contributed by atoms with Gasteiger partial charge in [0.05, 0.1) is 17.3 Å². The molecule has 0 aliphatic rings. The van der Waals surface area contributed by atoms with Gasteiger partial charge in [-0.3, -0.25) is 0 Å². The maximum atomic E-state index is 8.63. The van der Waals surface area contributed by atoms with Gasteiger partial charge in [-0.15, -0.1) is 0 Å². The molecule has 1 aromatic heterocycles. The van der Waals surface area contributed by atoms with Crippen LogP contribution in [0.25, 0.3) is 11.3 Å². The molecule has 0 atom stereocenters. The van der Waals surface area contributed by atoms with Gasteiger partial charge in [0.2, 0.25) is 0 Å². The molecular weight excluding hydrogens is 174 g/mol. The van der Waals surface area contributed by atoms with E-state index in [2.05, 4.69) is 16.0 Å². The van der Waals surface area contributed by atoms with E-state index in [0.29, 0.717) is 5.56 Å². The van der Waals surface area contributed by atoms with Crippen molar-refractivity contribution in [3.63, 3.8) is 0 Å². The van der Waals surface area contributed by atoms with Crippen LogP contribution in [0.5, 0.6) is 0 Å². The summed E-state index contributed by atoms with van der Waals surface area (Å²) in [5.74, 6) is 0.893. The molecule has 68 valence electrons. The Hall–Kier alpha value is -2.08. The molecule has 1 heterocycles. The van der Waals surface area contributed by atoms with E-state index in [1.54, 1.807) is 12.1 Å². The van der Waals surface area contributed by atoms with Crippen LogP contribution in [0.2, 0.25) is 0 Å². The number of hydrogen-bond donors (Lipinski definition) is 1. The van der Waals surface area contributed by atoms with Crippen molar-refractivity contribution in [2.45, 2.75) is 6.92 Å². The summed E-state index contributed by atoms with van der Waals surface area (Å²) < 4.78 is 0. The number of benzene rings is 1. The molecule has 0 spiro atoms. The molecule has 0 radical (unpaired) electrons. The summed E-state index contributed by atoms with van der Waals surface area (Å²) in [7, 11) is 0. The lowest BCUT2D eigenvalue weighted by Gasteiger charge is -1.94. The van der Waals surface area contributed by atoms with Crippen LogP contribution in [0, 0.1) is 18.3 Å². The maximum absolute atomic E-state index is 8.63. The van der Waals surface area contributed by atoms with Gasteiger partial charge >= 0.3 is 0 Å². The number of nitriles is 1. The standard InChI is InChI=1S/C11H9N3/c1-8-13-7-11(14-8)10-4-2-9(6-12)3-5-10/h2-5,7H,1H3,(H,13,14). The highest BCUT2D eigenvalue weighted by Gasteiger charge is 2.00. The summed E-state index contributed by atoms with van der Waals surface area (Å²) in [6.07, 6.45) is 1.86. The van der Waals surface area contributed by atoms with Gasteiger partial charge in [-0.2, -0.15) is 5.26 Å². The number of hydrogen-bond acceptors (Lipinski definition) is 2. The minimum absolute atomic E-state index is 0.668. The number of H-pyrrole nitrogens is 1. The zero-order chi connectivity index (χ0) is 9.97. The number of nitrogens with zero attached hydrogens (tertiary/aromatic N) is 2. The Morgan fingerprint density at radius 1 is 1.29 bits per heavy atom. The fourth-order valence-electron chi connectivity index (χ4n) is 1.28. The van der Waals surface area contributed by atoms with Crippen LogP contribution in [0.3, 0.4) is 0 Å². The number of aromatic amines is 1. The van der Waals surface area contributed by atoms with Gasteiger partial charge < -0.3 is 4.98 Å². The summed E-state index contributed by atoms with van der Waals surface area (Å²) in [5.41, 5.74) is 2.60. The van der Waals surface area contributed by atoms with Gasteiger partial charge in [0.25, 0.3) is 0 Å². The SMILES string of the molecule is Cc1nc(-c2ccc(C#N)cc2)c[nH]1.